The molecule has 0 saturated carbocycles. The second-order valence-electron chi connectivity index (χ2n) is 4.28. The molecule has 1 aliphatic heterocycles. The second kappa shape index (κ2) is 4.55. The van der Waals surface area contributed by atoms with Gasteiger partial charge >= 0.3 is 0 Å². The summed E-state index contributed by atoms with van der Waals surface area (Å²) in [5.74, 6) is 0.586. The highest BCUT2D eigenvalue weighted by molar-refractivity contribution is 6.30. The number of benzene rings is 1. The lowest BCUT2D eigenvalue weighted by Crippen LogP contribution is -2.31. The van der Waals surface area contributed by atoms with Crippen LogP contribution in [-0.2, 0) is 13.0 Å². The molecule has 3 rings (SSSR count). The summed E-state index contributed by atoms with van der Waals surface area (Å²) < 4.78 is 0. The first-order valence-corrected chi connectivity index (χ1v) is 6.20. The first kappa shape index (κ1) is 11.4. The molecule has 18 heavy (non-hydrogen) atoms. The van der Waals surface area contributed by atoms with E-state index >= 15 is 0 Å². The SMILES string of the molecule is O=c1[nH]c(-c2cccc(Cl)c2)nc2c1CNCC2. The predicted octanol–water partition coefficient (Wildman–Crippen LogP) is 1.74. The molecule has 4 nitrogen and oxygen atoms in total. The fourth-order valence-electron chi connectivity index (χ4n) is 2.13. The van der Waals surface area contributed by atoms with Crippen molar-refractivity contribution in [3.8, 4) is 11.4 Å². The van der Waals surface area contributed by atoms with E-state index in [2.05, 4.69) is 15.3 Å². The van der Waals surface area contributed by atoms with Gasteiger partial charge in [-0.15, -0.1) is 0 Å². The van der Waals surface area contributed by atoms with Crippen LogP contribution in [0.3, 0.4) is 0 Å². The Labute approximate surface area is 109 Å². The van der Waals surface area contributed by atoms with Crippen molar-refractivity contribution in [1.82, 2.24) is 15.3 Å². The summed E-state index contributed by atoms with van der Waals surface area (Å²) in [7, 11) is 0. The van der Waals surface area contributed by atoms with Gasteiger partial charge in [-0.05, 0) is 12.1 Å². The van der Waals surface area contributed by atoms with Crippen molar-refractivity contribution in [2.45, 2.75) is 13.0 Å². The highest BCUT2D eigenvalue weighted by Crippen LogP contribution is 2.19. The third kappa shape index (κ3) is 2.05. The van der Waals surface area contributed by atoms with Crippen molar-refractivity contribution in [2.75, 3.05) is 6.54 Å². The predicted molar refractivity (Wildman–Crippen MR) is 70.7 cm³/mol. The van der Waals surface area contributed by atoms with Crippen LogP contribution in [0.2, 0.25) is 5.02 Å². The van der Waals surface area contributed by atoms with Crippen molar-refractivity contribution in [3.63, 3.8) is 0 Å². The number of rotatable bonds is 1. The molecule has 0 atom stereocenters. The van der Waals surface area contributed by atoms with Gasteiger partial charge in [-0.2, -0.15) is 0 Å². The molecule has 1 aromatic heterocycles. The minimum atomic E-state index is -0.0674. The van der Waals surface area contributed by atoms with Gasteiger partial charge in [-0.25, -0.2) is 4.98 Å². The summed E-state index contributed by atoms with van der Waals surface area (Å²) in [6.07, 6.45) is 0.785. The number of aromatic amines is 1. The average molecular weight is 262 g/mol. The molecule has 0 bridgehead atoms. The molecule has 2 aromatic rings. The normalized spacial score (nSPS) is 14.3. The number of H-pyrrole nitrogens is 1. The van der Waals surface area contributed by atoms with Gasteiger partial charge < -0.3 is 10.3 Å². The van der Waals surface area contributed by atoms with E-state index < -0.39 is 0 Å². The lowest BCUT2D eigenvalue weighted by molar-refractivity contribution is 0.621. The molecule has 0 amide bonds. The highest BCUT2D eigenvalue weighted by Gasteiger charge is 2.15. The molecule has 2 heterocycles. The van der Waals surface area contributed by atoms with Crippen LogP contribution < -0.4 is 10.9 Å². The van der Waals surface area contributed by atoms with Crippen LogP contribution >= 0.6 is 11.6 Å². The maximum Gasteiger partial charge on any atom is 0.255 e. The molecule has 1 aliphatic rings. The zero-order valence-electron chi connectivity index (χ0n) is 9.66. The Balaban J connectivity index is 2.14. The lowest BCUT2D eigenvalue weighted by Gasteiger charge is -2.15. The third-order valence-electron chi connectivity index (χ3n) is 3.04. The molecule has 0 radical (unpaired) electrons. The molecular weight excluding hydrogens is 250 g/mol. The summed E-state index contributed by atoms with van der Waals surface area (Å²) in [5.41, 5.74) is 2.39. The number of hydrogen-bond donors (Lipinski definition) is 2. The molecular formula is C13H12ClN3O. The number of nitrogens with one attached hydrogen (secondary N) is 2. The Bertz CT molecular complexity index is 651. The maximum absolute atomic E-state index is 12.0. The van der Waals surface area contributed by atoms with Crippen molar-refractivity contribution in [3.05, 3.63) is 50.9 Å². The Morgan fingerprint density at radius 1 is 1.33 bits per heavy atom. The van der Waals surface area contributed by atoms with Gasteiger partial charge in [0.25, 0.3) is 5.56 Å². The van der Waals surface area contributed by atoms with Crippen molar-refractivity contribution in [1.29, 1.82) is 0 Å². The highest BCUT2D eigenvalue weighted by atomic mass is 35.5. The largest absolute Gasteiger partial charge is 0.312 e. The standard InChI is InChI=1S/C13H12ClN3O/c14-9-3-1-2-8(6-9)12-16-11-4-5-15-7-10(11)13(18)17-12/h1-3,6,15H,4-5,7H2,(H,16,17,18). The van der Waals surface area contributed by atoms with Crippen LogP contribution in [0, 0.1) is 0 Å². The van der Waals surface area contributed by atoms with Crippen molar-refractivity contribution < 1.29 is 0 Å². The van der Waals surface area contributed by atoms with E-state index in [-0.39, 0.29) is 5.56 Å². The first-order valence-electron chi connectivity index (χ1n) is 5.83. The average Bonchev–Trinajstić information content (AvgIpc) is 2.39. The molecule has 5 heteroatoms. The Morgan fingerprint density at radius 3 is 3.06 bits per heavy atom. The van der Waals surface area contributed by atoms with E-state index in [1.165, 1.54) is 0 Å². The molecule has 1 aromatic carbocycles. The third-order valence-corrected chi connectivity index (χ3v) is 3.27. The molecule has 0 saturated heterocycles. The van der Waals surface area contributed by atoms with Gasteiger partial charge in [0.15, 0.2) is 0 Å². The van der Waals surface area contributed by atoms with Gasteiger partial charge in [0.2, 0.25) is 0 Å². The summed E-state index contributed by atoms with van der Waals surface area (Å²) >= 11 is 5.95. The molecule has 2 N–H and O–H groups in total. The summed E-state index contributed by atoms with van der Waals surface area (Å²) in [6.45, 7) is 1.45. The Kier molecular flexibility index (Phi) is 2.89. The molecule has 0 aliphatic carbocycles. The quantitative estimate of drug-likeness (QED) is 0.822. The smallest absolute Gasteiger partial charge is 0.255 e. The van der Waals surface area contributed by atoms with Gasteiger partial charge in [0.1, 0.15) is 5.82 Å². The monoisotopic (exact) mass is 261 g/mol. The number of aromatic nitrogens is 2. The Hall–Kier alpha value is -1.65. The van der Waals surface area contributed by atoms with E-state index in [0.29, 0.717) is 17.4 Å². The van der Waals surface area contributed by atoms with Gasteiger partial charge in [0, 0.05) is 30.1 Å². The summed E-state index contributed by atoms with van der Waals surface area (Å²) in [6, 6.07) is 7.33. The number of hydrogen-bond acceptors (Lipinski definition) is 3. The van der Waals surface area contributed by atoms with Crippen LogP contribution in [-0.4, -0.2) is 16.5 Å². The molecule has 0 unspecified atom stereocenters. The van der Waals surface area contributed by atoms with Crippen LogP contribution in [0.5, 0.6) is 0 Å². The number of fused-ring (bicyclic) bond motifs is 1. The molecule has 0 fully saturated rings. The zero-order chi connectivity index (χ0) is 12.5. The second-order valence-corrected chi connectivity index (χ2v) is 4.71. The number of nitrogens with zero attached hydrogens (tertiary/aromatic N) is 1. The lowest BCUT2D eigenvalue weighted by atomic mass is 10.1. The maximum atomic E-state index is 12.0. The summed E-state index contributed by atoms with van der Waals surface area (Å²) in [5, 5.41) is 3.80. The molecule has 92 valence electrons. The fraction of sp³-hybridized carbons (Fsp3) is 0.231. The minimum Gasteiger partial charge on any atom is -0.312 e. The van der Waals surface area contributed by atoms with Gasteiger partial charge in [-0.3, -0.25) is 4.79 Å². The van der Waals surface area contributed by atoms with E-state index in [1.807, 2.05) is 12.1 Å². The van der Waals surface area contributed by atoms with E-state index in [1.54, 1.807) is 12.1 Å². The minimum absolute atomic E-state index is 0.0674. The summed E-state index contributed by atoms with van der Waals surface area (Å²) in [4.78, 5) is 19.3. The van der Waals surface area contributed by atoms with Gasteiger partial charge in [0.05, 0.1) is 11.3 Å². The van der Waals surface area contributed by atoms with E-state index in [4.69, 9.17) is 11.6 Å². The van der Waals surface area contributed by atoms with Crippen LogP contribution in [0.4, 0.5) is 0 Å². The zero-order valence-corrected chi connectivity index (χ0v) is 10.4. The van der Waals surface area contributed by atoms with Crippen molar-refractivity contribution in [2.24, 2.45) is 0 Å². The van der Waals surface area contributed by atoms with Crippen LogP contribution in [0.15, 0.2) is 29.1 Å². The van der Waals surface area contributed by atoms with E-state index in [0.717, 1.165) is 29.8 Å². The van der Waals surface area contributed by atoms with E-state index in [9.17, 15) is 4.79 Å². The fourth-order valence-corrected chi connectivity index (χ4v) is 2.32. The first-order chi connectivity index (χ1) is 8.74. The van der Waals surface area contributed by atoms with Crippen molar-refractivity contribution >= 4 is 11.6 Å². The van der Waals surface area contributed by atoms with Crippen LogP contribution in [0.1, 0.15) is 11.3 Å². The van der Waals surface area contributed by atoms with Gasteiger partial charge in [-0.1, -0.05) is 23.7 Å². The Morgan fingerprint density at radius 2 is 2.22 bits per heavy atom. The molecule has 0 spiro atoms. The van der Waals surface area contributed by atoms with Crippen LogP contribution in [0.25, 0.3) is 11.4 Å². The topological polar surface area (TPSA) is 57.8 Å². The number of halogens is 1.